The second kappa shape index (κ2) is 7.62. The number of ether oxygens (including phenoxy) is 2. The molecule has 0 aliphatic rings. The van der Waals surface area contributed by atoms with Gasteiger partial charge in [-0.1, -0.05) is 0 Å². The Labute approximate surface area is 90.8 Å². The maximum absolute atomic E-state index is 11.0. The lowest BCUT2D eigenvalue weighted by molar-refractivity contribution is -0.145. The van der Waals surface area contributed by atoms with Gasteiger partial charge >= 0.3 is 5.97 Å². The number of hydrogen-bond donors (Lipinski definition) is 2. The highest BCUT2D eigenvalue weighted by Crippen LogP contribution is 2.10. The first kappa shape index (κ1) is 14.3. The quantitative estimate of drug-likeness (QED) is 0.552. The average Bonchev–Trinajstić information content (AvgIpc) is 2.21. The van der Waals surface area contributed by atoms with E-state index in [1.165, 1.54) is 0 Å². The minimum absolute atomic E-state index is 0.431. The molecule has 0 saturated heterocycles. The minimum atomic E-state index is -0.913. The van der Waals surface area contributed by atoms with E-state index in [2.05, 4.69) is 5.32 Å². The highest BCUT2D eigenvalue weighted by Gasteiger charge is 2.31. The molecule has 2 N–H and O–H groups in total. The highest BCUT2D eigenvalue weighted by molar-refractivity contribution is 5.78. The van der Waals surface area contributed by atoms with Crippen molar-refractivity contribution in [3.8, 4) is 0 Å². The van der Waals surface area contributed by atoms with Gasteiger partial charge in [0.05, 0.1) is 0 Å². The lowest BCUT2D eigenvalue weighted by Gasteiger charge is -2.26. The maximum atomic E-state index is 11.0. The molecule has 0 spiro atoms. The molecular weight excluding hydrogens is 198 g/mol. The Balaban J connectivity index is 3.96. The van der Waals surface area contributed by atoms with Gasteiger partial charge in [0.1, 0.15) is 5.54 Å². The molecule has 0 aliphatic carbocycles. The predicted molar refractivity (Wildman–Crippen MR) is 57.0 cm³/mol. The van der Waals surface area contributed by atoms with Crippen LogP contribution in [0.25, 0.3) is 0 Å². The van der Waals surface area contributed by atoms with Crippen LogP contribution in [0.3, 0.4) is 0 Å². The van der Waals surface area contributed by atoms with E-state index < -0.39 is 11.5 Å². The summed E-state index contributed by atoms with van der Waals surface area (Å²) in [6.07, 6.45) is 1.25. The molecule has 1 unspecified atom stereocenters. The summed E-state index contributed by atoms with van der Waals surface area (Å²) < 4.78 is 9.77. The van der Waals surface area contributed by atoms with Gasteiger partial charge in [-0.05, 0) is 26.3 Å². The molecule has 0 aromatic heterocycles. The summed E-state index contributed by atoms with van der Waals surface area (Å²) in [5, 5.41) is 12.1. The molecular formula is C10H21NO4. The number of hydrogen-bond acceptors (Lipinski definition) is 4. The number of nitrogens with one attached hydrogen (secondary N) is 1. The Morgan fingerprint density at radius 2 is 1.93 bits per heavy atom. The molecule has 0 heterocycles. The zero-order valence-electron chi connectivity index (χ0n) is 9.71. The third-order valence-electron chi connectivity index (χ3n) is 2.32. The van der Waals surface area contributed by atoms with Crippen LogP contribution in [0.1, 0.15) is 19.8 Å². The van der Waals surface area contributed by atoms with E-state index in [0.717, 1.165) is 6.42 Å². The molecule has 0 saturated carbocycles. The van der Waals surface area contributed by atoms with E-state index in [9.17, 15) is 4.79 Å². The molecule has 0 aromatic carbocycles. The summed E-state index contributed by atoms with van der Waals surface area (Å²) in [5.41, 5.74) is -0.913. The first-order valence-corrected chi connectivity index (χ1v) is 5.03. The lowest BCUT2D eigenvalue weighted by Crippen LogP contribution is -2.50. The number of methoxy groups -OCH3 is 2. The molecule has 0 aliphatic heterocycles. The third kappa shape index (κ3) is 5.71. The fraction of sp³-hybridized carbons (Fsp3) is 0.900. The number of carboxylic acid groups (broad SMARTS) is 1. The number of aliphatic carboxylic acids is 1. The van der Waals surface area contributed by atoms with Crippen molar-refractivity contribution in [2.24, 2.45) is 0 Å². The van der Waals surface area contributed by atoms with Crippen LogP contribution in [0.4, 0.5) is 0 Å². The Morgan fingerprint density at radius 1 is 1.33 bits per heavy atom. The molecule has 15 heavy (non-hydrogen) atoms. The molecule has 5 heteroatoms. The zero-order valence-corrected chi connectivity index (χ0v) is 9.71. The minimum Gasteiger partial charge on any atom is -0.480 e. The van der Waals surface area contributed by atoms with Crippen molar-refractivity contribution in [2.45, 2.75) is 25.3 Å². The molecule has 90 valence electrons. The maximum Gasteiger partial charge on any atom is 0.323 e. The SMILES string of the molecule is COCCCNC(C)(CCOC)C(=O)O. The van der Waals surface area contributed by atoms with E-state index in [0.29, 0.717) is 26.2 Å². The summed E-state index contributed by atoms with van der Waals surface area (Å²) in [7, 11) is 3.19. The van der Waals surface area contributed by atoms with Gasteiger partial charge in [0.25, 0.3) is 0 Å². The van der Waals surface area contributed by atoms with Crippen LogP contribution >= 0.6 is 0 Å². The van der Waals surface area contributed by atoms with Crippen LogP contribution in [0.15, 0.2) is 0 Å². The fourth-order valence-corrected chi connectivity index (χ4v) is 1.16. The molecule has 5 nitrogen and oxygen atoms in total. The van der Waals surface area contributed by atoms with Crippen LogP contribution in [-0.4, -0.2) is 50.6 Å². The normalized spacial score (nSPS) is 14.9. The van der Waals surface area contributed by atoms with Gasteiger partial charge in [0.15, 0.2) is 0 Å². The van der Waals surface area contributed by atoms with Crippen molar-refractivity contribution in [3.05, 3.63) is 0 Å². The van der Waals surface area contributed by atoms with Crippen molar-refractivity contribution in [1.82, 2.24) is 5.32 Å². The number of carboxylic acids is 1. The molecule has 0 rings (SSSR count). The van der Waals surface area contributed by atoms with E-state index in [1.807, 2.05) is 0 Å². The second-order valence-corrected chi connectivity index (χ2v) is 3.65. The van der Waals surface area contributed by atoms with Gasteiger partial charge in [0, 0.05) is 27.4 Å². The molecule has 0 amide bonds. The topological polar surface area (TPSA) is 67.8 Å². The molecule has 0 fully saturated rings. The van der Waals surface area contributed by atoms with Gasteiger partial charge in [-0.25, -0.2) is 0 Å². The standard InChI is InChI=1S/C10H21NO4/c1-10(9(12)13,5-8-15-3)11-6-4-7-14-2/h11H,4-8H2,1-3H3,(H,12,13). The largest absolute Gasteiger partial charge is 0.480 e. The van der Waals surface area contributed by atoms with E-state index in [1.54, 1.807) is 21.1 Å². The second-order valence-electron chi connectivity index (χ2n) is 3.65. The van der Waals surface area contributed by atoms with Crippen molar-refractivity contribution in [1.29, 1.82) is 0 Å². The van der Waals surface area contributed by atoms with E-state index >= 15 is 0 Å². The Hall–Kier alpha value is -0.650. The van der Waals surface area contributed by atoms with Crippen LogP contribution in [0, 0.1) is 0 Å². The van der Waals surface area contributed by atoms with Gasteiger partial charge < -0.3 is 19.9 Å². The Morgan fingerprint density at radius 3 is 2.40 bits per heavy atom. The summed E-state index contributed by atoms with van der Waals surface area (Å²) >= 11 is 0. The van der Waals surface area contributed by atoms with Crippen LogP contribution in [0.5, 0.6) is 0 Å². The van der Waals surface area contributed by atoms with Crippen LogP contribution in [0.2, 0.25) is 0 Å². The summed E-state index contributed by atoms with van der Waals surface area (Å²) in [6, 6.07) is 0. The zero-order chi connectivity index (χ0) is 11.7. The van der Waals surface area contributed by atoms with Crippen molar-refractivity contribution in [2.75, 3.05) is 34.0 Å². The van der Waals surface area contributed by atoms with E-state index in [-0.39, 0.29) is 0 Å². The number of rotatable bonds is 9. The Bertz CT molecular complexity index is 186. The van der Waals surface area contributed by atoms with Gasteiger partial charge in [0.2, 0.25) is 0 Å². The van der Waals surface area contributed by atoms with Crippen LogP contribution in [-0.2, 0) is 14.3 Å². The van der Waals surface area contributed by atoms with Crippen LogP contribution < -0.4 is 5.32 Å². The lowest BCUT2D eigenvalue weighted by atomic mass is 9.98. The highest BCUT2D eigenvalue weighted by atomic mass is 16.5. The van der Waals surface area contributed by atoms with Crippen molar-refractivity contribution in [3.63, 3.8) is 0 Å². The molecule has 0 aromatic rings. The monoisotopic (exact) mass is 219 g/mol. The first-order valence-electron chi connectivity index (χ1n) is 5.03. The summed E-state index contributed by atoms with van der Waals surface area (Å²) in [5.74, 6) is -0.850. The average molecular weight is 219 g/mol. The summed E-state index contributed by atoms with van der Waals surface area (Å²) in [4.78, 5) is 11.0. The molecule has 0 bridgehead atoms. The molecule has 0 radical (unpaired) electrons. The van der Waals surface area contributed by atoms with Gasteiger partial charge in [-0.3, -0.25) is 4.79 Å². The van der Waals surface area contributed by atoms with E-state index in [4.69, 9.17) is 14.6 Å². The smallest absolute Gasteiger partial charge is 0.323 e. The predicted octanol–water partition coefficient (Wildman–Crippen LogP) is 0.492. The Kier molecular flexibility index (Phi) is 7.29. The fourth-order valence-electron chi connectivity index (χ4n) is 1.16. The van der Waals surface area contributed by atoms with Gasteiger partial charge in [-0.2, -0.15) is 0 Å². The summed E-state index contributed by atoms with van der Waals surface area (Å²) in [6.45, 7) is 3.36. The first-order chi connectivity index (χ1) is 7.06. The van der Waals surface area contributed by atoms with Gasteiger partial charge in [-0.15, -0.1) is 0 Å². The number of carbonyl (C=O) groups is 1. The molecule has 1 atom stereocenters. The van der Waals surface area contributed by atoms with Crippen molar-refractivity contribution < 1.29 is 19.4 Å². The van der Waals surface area contributed by atoms with Crippen molar-refractivity contribution >= 4 is 5.97 Å². The third-order valence-corrected chi connectivity index (χ3v) is 2.32.